The topological polar surface area (TPSA) is 52.5 Å². The van der Waals surface area contributed by atoms with E-state index >= 15 is 0 Å². The summed E-state index contributed by atoms with van der Waals surface area (Å²) in [4.78, 5) is 0.782. The molecule has 0 aliphatic rings. The molecule has 3 N–H and O–H groups in total. The molecule has 23 heavy (non-hydrogen) atoms. The zero-order valence-corrected chi connectivity index (χ0v) is 14.7. The first-order valence-electron chi connectivity index (χ1n) is 7.75. The SMILES string of the molecule is CSc1cc(C(O)CNC(C)(C)Cc2ccccc2)ccc1O. The van der Waals surface area contributed by atoms with Crippen LogP contribution in [-0.4, -0.2) is 28.6 Å². The molecule has 1 atom stereocenters. The summed E-state index contributed by atoms with van der Waals surface area (Å²) >= 11 is 1.47. The van der Waals surface area contributed by atoms with Crippen molar-refractivity contribution < 1.29 is 10.2 Å². The van der Waals surface area contributed by atoms with Crippen LogP contribution in [0.1, 0.15) is 31.1 Å². The number of aliphatic hydroxyl groups excluding tert-OH is 1. The van der Waals surface area contributed by atoms with Gasteiger partial charge in [0.25, 0.3) is 0 Å². The Kier molecular flexibility index (Phi) is 6.10. The number of aliphatic hydroxyl groups is 1. The monoisotopic (exact) mass is 331 g/mol. The third kappa shape index (κ3) is 5.27. The fourth-order valence-electron chi connectivity index (χ4n) is 2.56. The molecule has 0 spiro atoms. The van der Waals surface area contributed by atoms with Crippen molar-refractivity contribution in [3.05, 3.63) is 59.7 Å². The number of rotatable bonds is 7. The van der Waals surface area contributed by atoms with Gasteiger partial charge in [0, 0.05) is 17.0 Å². The highest BCUT2D eigenvalue weighted by Crippen LogP contribution is 2.29. The fraction of sp³-hybridized carbons (Fsp3) is 0.368. The van der Waals surface area contributed by atoms with Gasteiger partial charge in [0.2, 0.25) is 0 Å². The summed E-state index contributed by atoms with van der Waals surface area (Å²) in [6.45, 7) is 4.74. The minimum absolute atomic E-state index is 0.110. The first-order chi connectivity index (χ1) is 10.9. The lowest BCUT2D eigenvalue weighted by Gasteiger charge is -2.28. The van der Waals surface area contributed by atoms with Gasteiger partial charge >= 0.3 is 0 Å². The van der Waals surface area contributed by atoms with Crippen molar-refractivity contribution in [1.29, 1.82) is 0 Å². The number of benzene rings is 2. The van der Waals surface area contributed by atoms with E-state index in [1.54, 1.807) is 12.1 Å². The van der Waals surface area contributed by atoms with E-state index in [1.807, 2.05) is 30.5 Å². The summed E-state index contributed by atoms with van der Waals surface area (Å²) in [5, 5.41) is 23.6. The van der Waals surface area contributed by atoms with E-state index in [9.17, 15) is 10.2 Å². The van der Waals surface area contributed by atoms with Crippen molar-refractivity contribution in [3.63, 3.8) is 0 Å². The Morgan fingerprint density at radius 3 is 2.48 bits per heavy atom. The lowest BCUT2D eigenvalue weighted by Crippen LogP contribution is -2.43. The van der Waals surface area contributed by atoms with E-state index < -0.39 is 6.10 Å². The fourth-order valence-corrected chi connectivity index (χ4v) is 3.09. The number of nitrogens with one attached hydrogen (secondary N) is 1. The highest BCUT2D eigenvalue weighted by atomic mass is 32.2. The van der Waals surface area contributed by atoms with Gasteiger partial charge in [-0.05, 0) is 49.8 Å². The molecule has 0 fully saturated rings. The average molecular weight is 331 g/mol. The van der Waals surface area contributed by atoms with Crippen LogP contribution < -0.4 is 5.32 Å². The van der Waals surface area contributed by atoms with E-state index in [4.69, 9.17) is 0 Å². The number of hydrogen-bond donors (Lipinski definition) is 3. The normalized spacial score (nSPS) is 13.0. The lowest BCUT2D eigenvalue weighted by molar-refractivity contribution is 0.160. The van der Waals surface area contributed by atoms with Crippen molar-refractivity contribution in [2.75, 3.05) is 12.8 Å². The third-order valence-electron chi connectivity index (χ3n) is 3.85. The number of hydrogen-bond acceptors (Lipinski definition) is 4. The second-order valence-electron chi connectivity index (χ2n) is 6.37. The Balaban J connectivity index is 1.96. The zero-order valence-electron chi connectivity index (χ0n) is 13.9. The van der Waals surface area contributed by atoms with E-state index in [-0.39, 0.29) is 11.3 Å². The van der Waals surface area contributed by atoms with Crippen molar-refractivity contribution in [3.8, 4) is 5.75 Å². The molecular weight excluding hydrogens is 306 g/mol. The molecule has 3 nitrogen and oxygen atoms in total. The Morgan fingerprint density at radius 1 is 1.13 bits per heavy atom. The van der Waals surface area contributed by atoms with Crippen LogP contribution >= 0.6 is 11.8 Å². The number of β-amino-alcohol motifs (C(OH)–C–C–N with tert-alkyl or cyclic N) is 1. The highest BCUT2D eigenvalue weighted by Gasteiger charge is 2.20. The van der Waals surface area contributed by atoms with Gasteiger partial charge in [0.15, 0.2) is 0 Å². The smallest absolute Gasteiger partial charge is 0.129 e. The molecule has 0 heterocycles. The molecule has 0 saturated heterocycles. The molecule has 2 rings (SSSR count). The van der Waals surface area contributed by atoms with E-state index in [1.165, 1.54) is 17.3 Å². The maximum atomic E-state index is 10.4. The van der Waals surface area contributed by atoms with E-state index in [0.717, 1.165) is 16.9 Å². The summed E-state index contributed by atoms with van der Waals surface area (Å²) in [6.07, 6.45) is 2.20. The molecule has 0 aliphatic carbocycles. The maximum absolute atomic E-state index is 10.4. The molecule has 2 aromatic rings. The Morgan fingerprint density at radius 2 is 1.83 bits per heavy atom. The number of phenolic OH excluding ortho intramolecular Hbond substituents is 1. The molecule has 0 bridgehead atoms. The Labute approximate surface area is 142 Å². The molecule has 0 radical (unpaired) electrons. The van der Waals surface area contributed by atoms with Gasteiger partial charge in [-0.15, -0.1) is 11.8 Å². The van der Waals surface area contributed by atoms with Crippen molar-refractivity contribution >= 4 is 11.8 Å². The van der Waals surface area contributed by atoms with Gasteiger partial charge in [-0.2, -0.15) is 0 Å². The minimum Gasteiger partial charge on any atom is -0.507 e. The average Bonchev–Trinajstić information content (AvgIpc) is 2.53. The van der Waals surface area contributed by atoms with Crippen LogP contribution in [0.2, 0.25) is 0 Å². The quantitative estimate of drug-likeness (QED) is 0.676. The second-order valence-corrected chi connectivity index (χ2v) is 7.22. The number of thioether (sulfide) groups is 1. The molecule has 0 saturated carbocycles. The van der Waals surface area contributed by atoms with Gasteiger partial charge in [0.05, 0.1) is 6.10 Å². The molecule has 124 valence electrons. The van der Waals surface area contributed by atoms with Crippen LogP contribution in [0.25, 0.3) is 0 Å². The number of aromatic hydroxyl groups is 1. The van der Waals surface area contributed by atoms with E-state index in [0.29, 0.717) is 6.54 Å². The van der Waals surface area contributed by atoms with Crippen molar-refractivity contribution in [2.45, 2.75) is 36.8 Å². The van der Waals surface area contributed by atoms with Gasteiger partial charge in [-0.25, -0.2) is 0 Å². The first-order valence-corrected chi connectivity index (χ1v) is 8.98. The Bertz CT molecular complexity index is 629. The predicted molar refractivity (Wildman–Crippen MR) is 97.1 cm³/mol. The zero-order chi connectivity index (χ0) is 16.9. The molecule has 0 aromatic heterocycles. The summed E-state index contributed by atoms with van der Waals surface area (Å²) in [6, 6.07) is 15.6. The summed E-state index contributed by atoms with van der Waals surface area (Å²) < 4.78 is 0. The molecule has 0 aliphatic heterocycles. The van der Waals surface area contributed by atoms with Crippen molar-refractivity contribution in [2.24, 2.45) is 0 Å². The minimum atomic E-state index is -0.600. The summed E-state index contributed by atoms with van der Waals surface area (Å²) in [7, 11) is 0. The predicted octanol–water partition coefficient (Wildman–Crippen LogP) is 3.76. The van der Waals surface area contributed by atoms with Gasteiger partial charge in [-0.1, -0.05) is 36.4 Å². The lowest BCUT2D eigenvalue weighted by atomic mass is 9.94. The highest BCUT2D eigenvalue weighted by molar-refractivity contribution is 7.98. The maximum Gasteiger partial charge on any atom is 0.129 e. The third-order valence-corrected chi connectivity index (χ3v) is 4.62. The standard InChI is InChI=1S/C19H25NO2S/c1-19(2,12-14-7-5-4-6-8-14)20-13-17(22)15-9-10-16(21)18(11-15)23-3/h4-11,17,20-22H,12-13H2,1-3H3. The van der Waals surface area contributed by atoms with Crippen LogP contribution in [0.4, 0.5) is 0 Å². The molecule has 1 unspecified atom stereocenters. The van der Waals surface area contributed by atoms with Crippen LogP contribution in [0, 0.1) is 0 Å². The second kappa shape index (κ2) is 7.86. The number of phenols is 1. The first kappa shape index (κ1) is 17.9. The molecular formula is C19H25NO2S. The largest absolute Gasteiger partial charge is 0.507 e. The van der Waals surface area contributed by atoms with Crippen LogP contribution in [-0.2, 0) is 6.42 Å². The van der Waals surface area contributed by atoms with Gasteiger partial charge in [-0.3, -0.25) is 0 Å². The molecule has 0 amide bonds. The van der Waals surface area contributed by atoms with Crippen LogP contribution in [0.3, 0.4) is 0 Å². The molecule has 4 heteroatoms. The summed E-state index contributed by atoms with van der Waals surface area (Å²) in [5.74, 6) is 0.255. The Hall–Kier alpha value is -1.49. The van der Waals surface area contributed by atoms with Crippen LogP contribution in [0.5, 0.6) is 5.75 Å². The van der Waals surface area contributed by atoms with Gasteiger partial charge in [0.1, 0.15) is 5.75 Å². The summed E-state index contributed by atoms with van der Waals surface area (Å²) in [5.41, 5.74) is 1.98. The van der Waals surface area contributed by atoms with Crippen molar-refractivity contribution in [1.82, 2.24) is 5.32 Å². The van der Waals surface area contributed by atoms with Crippen LogP contribution in [0.15, 0.2) is 53.4 Å². The van der Waals surface area contributed by atoms with E-state index in [2.05, 4.69) is 31.3 Å². The van der Waals surface area contributed by atoms with Gasteiger partial charge < -0.3 is 15.5 Å². The molecule has 2 aromatic carbocycles.